The van der Waals surface area contributed by atoms with E-state index < -0.39 is 0 Å². The number of nitrogens with one attached hydrogen (secondary N) is 1. The molecule has 2 heteroatoms. The van der Waals surface area contributed by atoms with Gasteiger partial charge in [0.2, 0.25) is 0 Å². The van der Waals surface area contributed by atoms with E-state index >= 15 is 0 Å². The third-order valence-electron chi connectivity index (χ3n) is 3.19. The Bertz CT molecular complexity index is 322. The van der Waals surface area contributed by atoms with Crippen molar-refractivity contribution in [1.82, 2.24) is 10.3 Å². The van der Waals surface area contributed by atoms with Crippen molar-refractivity contribution in [2.24, 2.45) is 0 Å². The van der Waals surface area contributed by atoms with E-state index in [1.54, 1.807) is 0 Å². The minimum absolute atomic E-state index is 0.277. The Morgan fingerprint density at radius 2 is 1.93 bits per heavy atom. The molecule has 0 aliphatic heterocycles. The molecule has 80 valence electrons. The molecule has 1 aromatic rings. The molecule has 0 aromatic carbocycles. The summed E-state index contributed by atoms with van der Waals surface area (Å²) >= 11 is 0. The van der Waals surface area contributed by atoms with Gasteiger partial charge in [0.05, 0.1) is 0 Å². The van der Waals surface area contributed by atoms with Crippen molar-refractivity contribution in [3.05, 3.63) is 42.2 Å². The molecular weight excluding hydrogens is 184 g/mol. The molecule has 2 rings (SSSR count). The molecule has 1 heterocycles. The van der Waals surface area contributed by atoms with Crippen molar-refractivity contribution in [3.63, 3.8) is 0 Å². The van der Waals surface area contributed by atoms with E-state index in [2.05, 4.69) is 41.5 Å². The van der Waals surface area contributed by atoms with Crippen molar-refractivity contribution in [2.45, 2.75) is 25.2 Å². The molecule has 1 N–H and O–H groups in total. The van der Waals surface area contributed by atoms with Crippen LogP contribution in [0.1, 0.15) is 25.3 Å². The Morgan fingerprint density at radius 1 is 1.27 bits per heavy atom. The van der Waals surface area contributed by atoms with Gasteiger partial charge in [0.15, 0.2) is 0 Å². The fourth-order valence-electron chi connectivity index (χ4n) is 2.25. The van der Waals surface area contributed by atoms with Crippen LogP contribution in [0.2, 0.25) is 0 Å². The highest BCUT2D eigenvalue weighted by Gasteiger charge is 2.32. The van der Waals surface area contributed by atoms with E-state index in [0.717, 1.165) is 25.9 Å². The average molecular weight is 202 g/mol. The summed E-state index contributed by atoms with van der Waals surface area (Å²) in [5, 5.41) is 3.47. The highest BCUT2D eigenvalue weighted by molar-refractivity contribution is 5.29. The molecule has 0 spiro atoms. The van der Waals surface area contributed by atoms with Crippen LogP contribution in [0.3, 0.4) is 0 Å². The third kappa shape index (κ3) is 2.10. The Kier molecular flexibility index (Phi) is 3.17. The Morgan fingerprint density at radius 3 is 2.53 bits per heavy atom. The normalized spacial score (nSPS) is 18.2. The molecule has 1 aliphatic rings. The van der Waals surface area contributed by atoms with Crippen molar-refractivity contribution < 1.29 is 0 Å². The van der Waals surface area contributed by atoms with Gasteiger partial charge < -0.3 is 5.32 Å². The second kappa shape index (κ2) is 4.58. The summed E-state index contributed by atoms with van der Waals surface area (Å²) in [6.07, 6.45) is 10.6. The first-order chi connectivity index (χ1) is 7.37. The third-order valence-corrected chi connectivity index (χ3v) is 3.19. The van der Waals surface area contributed by atoms with Crippen LogP contribution in [0.25, 0.3) is 0 Å². The fourth-order valence-corrected chi connectivity index (χ4v) is 2.25. The van der Waals surface area contributed by atoms with E-state index in [1.165, 1.54) is 5.56 Å². The van der Waals surface area contributed by atoms with Gasteiger partial charge in [0.1, 0.15) is 0 Å². The Labute approximate surface area is 91.4 Å². The number of hydrogen-bond acceptors (Lipinski definition) is 2. The molecule has 0 saturated carbocycles. The van der Waals surface area contributed by atoms with E-state index in [4.69, 9.17) is 0 Å². The minimum Gasteiger partial charge on any atom is -0.316 e. The smallest absolute Gasteiger partial charge is 0.0270 e. The van der Waals surface area contributed by atoms with E-state index in [1.807, 2.05) is 12.4 Å². The quantitative estimate of drug-likeness (QED) is 0.758. The second-order valence-electron chi connectivity index (χ2n) is 4.18. The molecule has 0 amide bonds. The van der Waals surface area contributed by atoms with Gasteiger partial charge in [-0.2, -0.15) is 0 Å². The van der Waals surface area contributed by atoms with Crippen LogP contribution in [-0.2, 0) is 5.41 Å². The van der Waals surface area contributed by atoms with Gasteiger partial charge in [0, 0.05) is 24.4 Å². The zero-order valence-corrected chi connectivity index (χ0v) is 9.24. The predicted molar refractivity (Wildman–Crippen MR) is 62.8 cm³/mol. The van der Waals surface area contributed by atoms with Gasteiger partial charge in [-0.15, -0.1) is 0 Å². The lowest BCUT2D eigenvalue weighted by Gasteiger charge is -2.29. The van der Waals surface area contributed by atoms with Crippen LogP contribution >= 0.6 is 0 Å². The largest absolute Gasteiger partial charge is 0.316 e. The molecule has 15 heavy (non-hydrogen) atoms. The summed E-state index contributed by atoms with van der Waals surface area (Å²) in [7, 11) is 0. The number of hydrogen-bond donors (Lipinski definition) is 1. The maximum absolute atomic E-state index is 4.09. The number of nitrogens with zero attached hydrogens (tertiary/aromatic N) is 1. The van der Waals surface area contributed by atoms with E-state index in [-0.39, 0.29) is 5.41 Å². The maximum Gasteiger partial charge on any atom is 0.0270 e. The first kappa shape index (κ1) is 10.4. The van der Waals surface area contributed by atoms with Crippen LogP contribution in [0.5, 0.6) is 0 Å². The molecule has 2 nitrogen and oxygen atoms in total. The van der Waals surface area contributed by atoms with Gasteiger partial charge in [-0.25, -0.2) is 0 Å². The lowest BCUT2D eigenvalue weighted by Crippen LogP contribution is -2.36. The highest BCUT2D eigenvalue weighted by atomic mass is 14.9. The molecule has 1 aliphatic carbocycles. The van der Waals surface area contributed by atoms with Gasteiger partial charge in [0.25, 0.3) is 0 Å². The monoisotopic (exact) mass is 202 g/mol. The standard InChI is InChI=1S/C13H18N2/c1-2-14-11-13(7-3-4-8-13)12-5-9-15-10-6-12/h3-6,9-10,14H,2,7-8,11H2,1H3. The summed E-state index contributed by atoms with van der Waals surface area (Å²) in [5.41, 5.74) is 1.68. The fraction of sp³-hybridized carbons (Fsp3) is 0.462. The topological polar surface area (TPSA) is 24.9 Å². The molecule has 0 unspecified atom stereocenters. The number of aromatic nitrogens is 1. The SMILES string of the molecule is CCNCC1(c2ccncc2)CC=CC1. The van der Waals surface area contributed by atoms with Crippen LogP contribution in [0.4, 0.5) is 0 Å². The molecule has 0 atom stereocenters. The number of rotatable bonds is 4. The Hall–Kier alpha value is -1.15. The average Bonchev–Trinajstić information content (AvgIpc) is 2.78. The van der Waals surface area contributed by atoms with E-state index in [9.17, 15) is 0 Å². The van der Waals surface area contributed by atoms with E-state index in [0.29, 0.717) is 0 Å². The molecule has 1 aromatic heterocycles. The zero-order valence-electron chi connectivity index (χ0n) is 9.24. The first-order valence-electron chi connectivity index (χ1n) is 5.64. The summed E-state index contributed by atoms with van der Waals surface area (Å²) in [6.45, 7) is 4.25. The van der Waals surface area contributed by atoms with Gasteiger partial charge in [-0.1, -0.05) is 19.1 Å². The zero-order chi connectivity index (χ0) is 10.6. The van der Waals surface area contributed by atoms with Crippen LogP contribution in [0.15, 0.2) is 36.7 Å². The molecule has 0 fully saturated rings. The van der Waals surface area contributed by atoms with Crippen LogP contribution < -0.4 is 5.32 Å². The molecule has 0 saturated heterocycles. The predicted octanol–water partition coefficient (Wildman–Crippen LogP) is 2.28. The maximum atomic E-state index is 4.09. The summed E-state index contributed by atoms with van der Waals surface area (Å²) < 4.78 is 0. The summed E-state index contributed by atoms with van der Waals surface area (Å²) in [5.74, 6) is 0. The van der Waals surface area contributed by atoms with Crippen molar-refractivity contribution in [1.29, 1.82) is 0 Å². The van der Waals surface area contributed by atoms with Crippen molar-refractivity contribution in [3.8, 4) is 0 Å². The lowest BCUT2D eigenvalue weighted by molar-refractivity contribution is 0.424. The number of likely N-dealkylation sites (N-methyl/N-ethyl adjacent to an activating group) is 1. The minimum atomic E-state index is 0.277. The molecule has 0 radical (unpaired) electrons. The summed E-state index contributed by atoms with van der Waals surface area (Å²) in [6, 6.07) is 4.29. The summed E-state index contributed by atoms with van der Waals surface area (Å²) in [4.78, 5) is 4.09. The molecule has 0 bridgehead atoms. The van der Waals surface area contributed by atoms with Crippen molar-refractivity contribution in [2.75, 3.05) is 13.1 Å². The van der Waals surface area contributed by atoms with Crippen molar-refractivity contribution >= 4 is 0 Å². The second-order valence-corrected chi connectivity index (χ2v) is 4.18. The van der Waals surface area contributed by atoms with Gasteiger partial charge in [-0.05, 0) is 37.1 Å². The van der Waals surface area contributed by atoms with Crippen LogP contribution in [-0.4, -0.2) is 18.1 Å². The Balaban J connectivity index is 2.19. The lowest BCUT2D eigenvalue weighted by atomic mass is 9.78. The highest BCUT2D eigenvalue weighted by Crippen LogP contribution is 2.36. The first-order valence-corrected chi connectivity index (χ1v) is 5.64. The van der Waals surface area contributed by atoms with Crippen LogP contribution in [0, 0.1) is 0 Å². The van der Waals surface area contributed by atoms with Gasteiger partial charge in [-0.3, -0.25) is 4.98 Å². The number of pyridine rings is 1. The van der Waals surface area contributed by atoms with Gasteiger partial charge >= 0.3 is 0 Å². The number of allylic oxidation sites excluding steroid dienone is 2. The molecular formula is C13H18N2.